The van der Waals surface area contributed by atoms with Crippen LogP contribution in [-0.4, -0.2) is 18.5 Å². The molecule has 0 saturated heterocycles. The first-order chi connectivity index (χ1) is 11.4. The van der Waals surface area contributed by atoms with Crippen LogP contribution < -0.4 is 5.32 Å². The number of benzene rings is 2. The molecule has 0 bridgehead atoms. The van der Waals surface area contributed by atoms with Gasteiger partial charge in [-0.2, -0.15) is 0 Å². The summed E-state index contributed by atoms with van der Waals surface area (Å²) in [5, 5.41) is 3.38. The van der Waals surface area contributed by atoms with E-state index in [1.807, 2.05) is 43.3 Å². The Morgan fingerprint density at radius 3 is 2.58 bits per heavy atom. The smallest absolute Gasteiger partial charge is 0.310 e. The van der Waals surface area contributed by atoms with Crippen LogP contribution in [-0.2, 0) is 20.7 Å². The average Bonchev–Trinajstić information content (AvgIpc) is 2.55. The van der Waals surface area contributed by atoms with Gasteiger partial charge < -0.3 is 10.1 Å². The fourth-order valence-electron chi connectivity index (χ4n) is 2.11. The quantitative estimate of drug-likeness (QED) is 0.731. The second-order valence-corrected chi connectivity index (χ2v) is 6.66. The molecule has 0 radical (unpaired) electrons. The first-order valence-electron chi connectivity index (χ1n) is 7.39. The number of amides is 1. The average molecular weight is 411 g/mol. The van der Waals surface area contributed by atoms with Gasteiger partial charge in [-0.1, -0.05) is 51.8 Å². The summed E-state index contributed by atoms with van der Waals surface area (Å²) in [5.74, 6) is -0.797. The third kappa shape index (κ3) is 5.98. The molecule has 0 spiro atoms. The van der Waals surface area contributed by atoms with Gasteiger partial charge in [-0.3, -0.25) is 9.59 Å². The van der Waals surface area contributed by atoms with E-state index in [2.05, 4.69) is 21.2 Å². The maximum absolute atomic E-state index is 11.9. The minimum absolute atomic E-state index is 0.129. The van der Waals surface area contributed by atoms with Crippen molar-refractivity contribution in [2.24, 2.45) is 0 Å². The van der Waals surface area contributed by atoms with Gasteiger partial charge in [0.2, 0.25) is 0 Å². The lowest BCUT2D eigenvalue weighted by Gasteiger charge is -2.14. The minimum atomic E-state index is -0.442. The zero-order valence-electron chi connectivity index (χ0n) is 13.1. The van der Waals surface area contributed by atoms with Crippen LogP contribution >= 0.6 is 27.5 Å². The van der Waals surface area contributed by atoms with Gasteiger partial charge >= 0.3 is 5.97 Å². The normalized spacial score (nSPS) is 11.6. The molecule has 1 atom stereocenters. The molecule has 6 heteroatoms. The highest BCUT2D eigenvalue weighted by Crippen LogP contribution is 2.17. The number of carbonyl (C=O) groups excluding carboxylic acids is 2. The summed E-state index contributed by atoms with van der Waals surface area (Å²) in [6, 6.07) is 14.4. The number of hydrogen-bond acceptors (Lipinski definition) is 3. The van der Waals surface area contributed by atoms with E-state index in [1.165, 1.54) is 0 Å². The standard InChI is InChI=1S/C18H17BrClNO3/c1-12(14-3-2-4-16(20)10-14)21-17(22)11-24-18(23)9-13-5-7-15(19)8-6-13/h2-8,10,12H,9,11H2,1H3,(H,21,22)/t12-/m1/s1. The first kappa shape index (κ1) is 18.5. The Kier molecular flexibility index (Phi) is 6.82. The third-order valence-corrected chi connectivity index (χ3v) is 4.12. The highest BCUT2D eigenvalue weighted by Gasteiger charge is 2.12. The molecule has 1 amide bonds. The van der Waals surface area contributed by atoms with Crippen LogP contribution in [0.25, 0.3) is 0 Å². The number of halogens is 2. The van der Waals surface area contributed by atoms with Crippen LogP contribution in [0.4, 0.5) is 0 Å². The molecule has 2 aromatic rings. The maximum Gasteiger partial charge on any atom is 0.310 e. The topological polar surface area (TPSA) is 55.4 Å². The summed E-state index contributed by atoms with van der Waals surface area (Å²) in [4.78, 5) is 23.7. The van der Waals surface area contributed by atoms with Gasteiger partial charge in [0.05, 0.1) is 12.5 Å². The molecule has 0 aliphatic heterocycles. The van der Waals surface area contributed by atoms with Crippen molar-refractivity contribution in [1.82, 2.24) is 5.32 Å². The van der Waals surface area contributed by atoms with Gasteiger partial charge in [0.15, 0.2) is 6.61 Å². The number of ether oxygens (including phenoxy) is 1. The van der Waals surface area contributed by atoms with Crippen LogP contribution in [0.3, 0.4) is 0 Å². The van der Waals surface area contributed by atoms with E-state index in [-0.39, 0.29) is 25.0 Å². The molecule has 0 aromatic heterocycles. The van der Waals surface area contributed by atoms with Gasteiger partial charge in [0.1, 0.15) is 0 Å². The molecule has 1 N–H and O–H groups in total. The molecule has 0 aliphatic carbocycles. The highest BCUT2D eigenvalue weighted by molar-refractivity contribution is 9.10. The minimum Gasteiger partial charge on any atom is -0.455 e. The van der Waals surface area contributed by atoms with Crippen molar-refractivity contribution >= 4 is 39.4 Å². The van der Waals surface area contributed by atoms with Crippen LogP contribution in [0, 0.1) is 0 Å². The molecule has 2 rings (SSSR count). The number of nitrogens with one attached hydrogen (secondary N) is 1. The molecule has 0 unspecified atom stereocenters. The van der Waals surface area contributed by atoms with E-state index >= 15 is 0 Å². The Balaban J connectivity index is 1.78. The van der Waals surface area contributed by atoms with Crippen molar-refractivity contribution in [1.29, 1.82) is 0 Å². The Morgan fingerprint density at radius 1 is 1.21 bits per heavy atom. The lowest BCUT2D eigenvalue weighted by atomic mass is 10.1. The molecular weight excluding hydrogens is 394 g/mol. The van der Waals surface area contributed by atoms with Crippen molar-refractivity contribution in [2.45, 2.75) is 19.4 Å². The summed E-state index contributed by atoms with van der Waals surface area (Å²) >= 11 is 9.26. The molecule has 0 heterocycles. The van der Waals surface area contributed by atoms with Crippen molar-refractivity contribution in [3.05, 3.63) is 69.2 Å². The summed E-state index contributed by atoms with van der Waals surface area (Å²) in [6.45, 7) is 1.54. The van der Waals surface area contributed by atoms with E-state index in [1.54, 1.807) is 12.1 Å². The second-order valence-electron chi connectivity index (χ2n) is 5.31. The van der Waals surface area contributed by atoms with E-state index < -0.39 is 5.97 Å². The summed E-state index contributed by atoms with van der Waals surface area (Å²) in [7, 11) is 0. The molecule has 0 saturated carbocycles. The zero-order valence-corrected chi connectivity index (χ0v) is 15.4. The predicted octanol–water partition coefficient (Wildman–Crippen LogP) is 4.07. The maximum atomic E-state index is 11.9. The van der Waals surface area contributed by atoms with Gasteiger partial charge in [-0.25, -0.2) is 0 Å². The molecular formula is C18H17BrClNO3. The van der Waals surface area contributed by atoms with Gasteiger partial charge in [-0.05, 0) is 42.3 Å². The van der Waals surface area contributed by atoms with Gasteiger partial charge in [-0.15, -0.1) is 0 Å². The molecule has 0 aliphatic rings. The van der Waals surface area contributed by atoms with Gasteiger partial charge in [0, 0.05) is 9.50 Å². The number of hydrogen-bond donors (Lipinski definition) is 1. The SMILES string of the molecule is C[C@@H](NC(=O)COC(=O)Cc1ccc(Br)cc1)c1cccc(Cl)c1. The predicted molar refractivity (Wildman–Crippen MR) is 96.8 cm³/mol. The Bertz CT molecular complexity index is 718. The number of esters is 1. The van der Waals surface area contributed by atoms with Crippen LogP contribution in [0.15, 0.2) is 53.0 Å². The Labute approximate surface area is 154 Å². The fraction of sp³-hybridized carbons (Fsp3) is 0.222. The summed E-state index contributed by atoms with van der Waals surface area (Å²) < 4.78 is 5.95. The van der Waals surface area contributed by atoms with Crippen molar-refractivity contribution in [2.75, 3.05) is 6.61 Å². The van der Waals surface area contributed by atoms with Crippen LogP contribution in [0.2, 0.25) is 5.02 Å². The molecule has 126 valence electrons. The molecule has 2 aromatic carbocycles. The van der Waals surface area contributed by atoms with Crippen LogP contribution in [0.5, 0.6) is 0 Å². The number of carbonyl (C=O) groups is 2. The summed E-state index contributed by atoms with van der Waals surface area (Å²) in [5.41, 5.74) is 1.72. The number of rotatable bonds is 6. The largest absolute Gasteiger partial charge is 0.455 e. The van der Waals surface area contributed by atoms with E-state index in [9.17, 15) is 9.59 Å². The van der Waals surface area contributed by atoms with Crippen LogP contribution in [0.1, 0.15) is 24.1 Å². The molecule has 4 nitrogen and oxygen atoms in total. The molecule has 24 heavy (non-hydrogen) atoms. The van der Waals surface area contributed by atoms with Crippen molar-refractivity contribution in [3.63, 3.8) is 0 Å². The van der Waals surface area contributed by atoms with E-state index in [0.717, 1.165) is 15.6 Å². The van der Waals surface area contributed by atoms with E-state index in [4.69, 9.17) is 16.3 Å². The molecule has 0 fully saturated rings. The first-order valence-corrected chi connectivity index (χ1v) is 8.56. The van der Waals surface area contributed by atoms with Gasteiger partial charge in [0.25, 0.3) is 5.91 Å². The zero-order chi connectivity index (χ0) is 17.5. The highest BCUT2D eigenvalue weighted by atomic mass is 79.9. The Morgan fingerprint density at radius 2 is 1.92 bits per heavy atom. The van der Waals surface area contributed by atoms with E-state index in [0.29, 0.717) is 5.02 Å². The lowest BCUT2D eigenvalue weighted by Crippen LogP contribution is -2.31. The summed E-state index contributed by atoms with van der Waals surface area (Å²) in [6.07, 6.45) is 0.129. The van der Waals surface area contributed by atoms with Crippen molar-refractivity contribution < 1.29 is 14.3 Å². The third-order valence-electron chi connectivity index (χ3n) is 3.35. The second kappa shape index (κ2) is 8.85. The lowest BCUT2D eigenvalue weighted by molar-refractivity contribution is -0.148. The fourth-order valence-corrected chi connectivity index (χ4v) is 2.57. The Hall–Kier alpha value is -1.85. The monoisotopic (exact) mass is 409 g/mol. The van der Waals surface area contributed by atoms with Crippen molar-refractivity contribution in [3.8, 4) is 0 Å².